The lowest BCUT2D eigenvalue weighted by Gasteiger charge is -2.15. The van der Waals surface area contributed by atoms with Crippen LogP contribution in [0.3, 0.4) is 0 Å². The summed E-state index contributed by atoms with van der Waals surface area (Å²) in [6, 6.07) is 13.3. The number of amides is 3. The molecule has 0 saturated carbocycles. The smallest absolute Gasteiger partial charge is 0.247 e. The van der Waals surface area contributed by atoms with Crippen LogP contribution in [0.2, 0.25) is 10.0 Å². The molecule has 1 aliphatic rings. The van der Waals surface area contributed by atoms with Crippen molar-refractivity contribution in [1.82, 2.24) is 0 Å². The molecule has 1 fully saturated rings. The first-order valence-corrected chi connectivity index (χ1v) is 9.54. The van der Waals surface area contributed by atoms with Gasteiger partial charge in [-0.25, -0.2) is 4.90 Å². The number of benzene rings is 2. The van der Waals surface area contributed by atoms with Crippen molar-refractivity contribution < 1.29 is 14.4 Å². The third-order valence-corrected chi connectivity index (χ3v) is 5.40. The lowest BCUT2D eigenvalue weighted by atomic mass is 10.3. The number of carbonyl (C=O) groups is 3. The van der Waals surface area contributed by atoms with Gasteiger partial charge in [-0.15, -0.1) is 11.8 Å². The van der Waals surface area contributed by atoms with Crippen LogP contribution in [-0.2, 0) is 14.4 Å². The van der Waals surface area contributed by atoms with Crippen LogP contribution in [0.25, 0.3) is 0 Å². The molecule has 5 nitrogen and oxygen atoms in total. The second-order valence-electron chi connectivity index (χ2n) is 5.61. The predicted octanol–water partition coefficient (Wildman–Crippen LogP) is 4.00. The van der Waals surface area contributed by atoms with E-state index in [0.29, 0.717) is 21.4 Å². The van der Waals surface area contributed by atoms with Gasteiger partial charge < -0.3 is 5.32 Å². The minimum Gasteiger partial charge on any atom is -0.325 e. The molecule has 1 heterocycles. The van der Waals surface area contributed by atoms with Crippen LogP contribution in [0.5, 0.6) is 0 Å². The Morgan fingerprint density at radius 1 is 1.12 bits per heavy atom. The van der Waals surface area contributed by atoms with E-state index in [9.17, 15) is 14.4 Å². The lowest BCUT2D eigenvalue weighted by Crippen LogP contribution is -2.31. The van der Waals surface area contributed by atoms with Crippen LogP contribution in [0.1, 0.15) is 6.42 Å². The molecule has 0 bridgehead atoms. The standard InChI is InChI=1S/C18H14Cl2N2O3S/c19-11-4-6-13(7-5-11)21-16(23)10-26-15-9-17(24)22(18(15)25)14-3-1-2-12(20)8-14/h1-8,15H,9-10H2,(H,21,23)/t15-/m0/s1. The van der Waals surface area contributed by atoms with Gasteiger partial charge in [0, 0.05) is 22.2 Å². The Balaban J connectivity index is 1.59. The van der Waals surface area contributed by atoms with E-state index in [0.717, 1.165) is 16.7 Å². The van der Waals surface area contributed by atoms with Crippen molar-refractivity contribution in [3.05, 3.63) is 58.6 Å². The highest BCUT2D eigenvalue weighted by molar-refractivity contribution is 8.01. The number of anilines is 2. The molecule has 0 unspecified atom stereocenters. The molecule has 3 rings (SSSR count). The van der Waals surface area contributed by atoms with Crippen molar-refractivity contribution in [2.75, 3.05) is 16.0 Å². The first kappa shape index (κ1) is 18.8. The Hall–Kier alpha value is -2.02. The molecular formula is C18H14Cl2N2O3S. The van der Waals surface area contributed by atoms with Crippen molar-refractivity contribution in [1.29, 1.82) is 0 Å². The summed E-state index contributed by atoms with van der Waals surface area (Å²) in [5, 5.41) is 3.16. The molecule has 2 aromatic rings. The monoisotopic (exact) mass is 408 g/mol. The number of halogens is 2. The summed E-state index contributed by atoms with van der Waals surface area (Å²) in [6.07, 6.45) is 0.0598. The summed E-state index contributed by atoms with van der Waals surface area (Å²) in [7, 11) is 0. The Morgan fingerprint density at radius 2 is 1.85 bits per heavy atom. The van der Waals surface area contributed by atoms with Crippen molar-refractivity contribution in [3.63, 3.8) is 0 Å². The topological polar surface area (TPSA) is 66.5 Å². The van der Waals surface area contributed by atoms with Crippen molar-refractivity contribution in [2.24, 2.45) is 0 Å². The maximum Gasteiger partial charge on any atom is 0.247 e. The molecule has 26 heavy (non-hydrogen) atoms. The fourth-order valence-corrected chi connectivity index (χ4v) is 3.77. The molecule has 0 aromatic heterocycles. The molecule has 1 atom stereocenters. The molecule has 3 amide bonds. The van der Waals surface area contributed by atoms with E-state index in [4.69, 9.17) is 23.2 Å². The molecule has 0 spiro atoms. The number of hydrogen-bond acceptors (Lipinski definition) is 4. The number of hydrogen-bond donors (Lipinski definition) is 1. The summed E-state index contributed by atoms with van der Waals surface area (Å²) < 4.78 is 0. The predicted molar refractivity (Wildman–Crippen MR) is 105 cm³/mol. The van der Waals surface area contributed by atoms with Crippen LogP contribution in [0.15, 0.2) is 48.5 Å². The fourth-order valence-electron chi connectivity index (χ4n) is 2.53. The van der Waals surface area contributed by atoms with Crippen LogP contribution in [0, 0.1) is 0 Å². The zero-order valence-corrected chi connectivity index (χ0v) is 15.8. The van der Waals surface area contributed by atoms with Crippen molar-refractivity contribution >= 4 is 64.1 Å². The largest absolute Gasteiger partial charge is 0.325 e. The van der Waals surface area contributed by atoms with E-state index in [1.165, 1.54) is 0 Å². The maximum atomic E-state index is 12.5. The Labute approximate surface area is 164 Å². The Morgan fingerprint density at radius 3 is 2.54 bits per heavy atom. The summed E-state index contributed by atoms with van der Waals surface area (Å²) in [5.41, 5.74) is 1.07. The molecule has 2 aromatic carbocycles. The van der Waals surface area contributed by atoms with Gasteiger partial charge in [0.2, 0.25) is 17.7 Å². The van der Waals surface area contributed by atoms with E-state index < -0.39 is 5.25 Å². The third kappa shape index (κ3) is 4.38. The van der Waals surface area contributed by atoms with Gasteiger partial charge in [-0.3, -0.25) is 14.4 Å². The number of thioether (sulfide) groups is 1. The summed E-state index contributed by atoms with van der Waals surface area (Å²) in [4.78, 5) is 37.9. The average Bonchev–Trinajstić information content (AvgIpc) is 2.89. The quantitative estimate of drug-likeness (QED) is 0.759. The van der Waals surface area contributed by atoms with Crippen molar-refractivity contribution in [2.45, 2.75) is 11.7 Å². The number of rotatable bonds is 5. The minimum atomic E-state index is -0.586. The molecule has 1 saturated heterocycles. The van der Waals surface area contributed by atoms with Gasteiger partial charge in [-0.1, -0.05) is 29.3 Å². The first-order valence-electron chi connectivity index (χ1n) is 7.73. The van der Waals surface area contributed by atoms with Crippen LogP contribution < -0.4 is 10.2 Å². The average molecular weight is 409 g/mol. The third-order valence-electron chi connectivity index (χ3n) is 3.72. The van der Waals surface area contributed by atoms with Crippen LogP contribution >= 0.6 is 35.0 Å². The summed E-state index contributed by atoms with van der Waals surface area (Å²) >= 11 is 12.9. The van der Waals surface area contributed by atoms with Crippen LogP contribution in [-0.4, -0.2) is 28.7 Å². The van der Waals surface area contributed by atoms with Gasteiger partial charge in [0.1, 0.15) is 0 Å². The highest BCUT2D eigenvalue weighted by atomic mass is 35.5. The van der Waals surface area contributed by atoms with Gasteiger partial charge in [0.05, 0.1) is 16.7 Å². The number of imide groups is 1. The zero-order valence-electron chi connectivity index (χ0n) is 13.4. The molecule has 1 aliphatic heterocycles. The minimum absolute atomic E-state index is 0.0598. The molecule has 1 N–H and O–H groups in total. The number of nitrogens with zero attached hydrogens (tertiary/aromatic N) is 1. The Kier molecular flexibility index (Phi) is 5.86. The molecule has 134 valence electrons. The van der Waals surface area contributed by atoms with Gasteiger partial charge in [0.25, 0.3) is 0 Å². The number of carbonyl (C=O) groups excluding carboxylic acids is 3. The normalized spacial score (nSPS) is 16.8. The SMILES string of the molecule is O=C(CS[C@H]1CC(=O)N(c2cccc(Cl)c2)C1=O)Nc1ccc(Cl)cc1. The van der Waals surface area contributed by atoms with E-state index in [2.05, 4.69) is 5.32 Å². The fraction of sp³-hybridized carbons (Fsp3) is 0.167. The van der Waals surface area contributed by atoms with Gasteiger partial charge in [-0.05, 0) is 42.5 Å². The first-order chi connectivity index (χ1) is 12.4. The van der Waals surface area contributed by atoms with Gasteiger partial charge in [0.15, 0.2) is 0 Å². The molecular weight excluding hydrogens is 395 g/mol. The second kappa shape index (κ2) is 8.12. The highest BCUT2D eigenvalue weighted by Crippen LogP contribution is 2.30. The van der Waals surface area contributed by atoms with Gasteiger partial charge in [-0.2, -0.15) is 0 Å². The van der Waals surface area contributed by atoms with Crippen LogP contribution in [0.4, 0.5) is 11.4 Å². The van der Waals surface area contributed by atoms with E-state index in [-0.39, 0.29) is 29.9 Å². The molecule has 8 heteroatoms. The molecule has 0 aliphatic carbocycles. The second-order valence-corrected chi connectivity index (χ2v) is 7.67. The highest BCUT2D eigenvalue weighted by Gasteiger charge is 2.40. The van der Waals surface area contributed by atoms with E-state index in [1.54, 1.807) is 48.5 Å². The maximum absolute atomic E-state index is 12.5. The number of nitrogens with one attached hydrogen (secondary N) is 1. The lowest BCUT2D eigenvalue weighted by molar-refractivity contribution is -0.121. The van der Waals surface area contributed by atoms with E-state index in [1.807, 2.05) is 0 Å². The van der Waals surface area contributed by atoms with Gasteiger partial charge >= 0.3 is 0 Å². The summed E-state index contributed by atoms with van der Waals surface area (Å²) in [5.74, 6) is -0.816. The zero-order chi connectivity index (χ0) is 18.7. The van der Waals surface area contributed by atoms with Crippen molar-refractivity contribution in [3.8, 4) is 0 Å². The van der Waals surface area contributed by atoms with E-state index >= 15 is 0 Å². The Bertz CT molecular complexity index is 858. The molecule has 0 radical (unpaired) electrons. The summed E-state index contributed by atoms with van der Waals surface area (Å²) in [6.45, 7) is 0.